The number of sulfonamides is 1. The maximum absolute atomic E-state index is 10.8. The van der Waals surface area contributed by atoms with Gasteiger partial charge in [0.2, 0.25) is 10.0 Å². The van der Waals surface area contributed by atoms with Crippen LogP contribution < -0.4 is 4.72 Å². The lowest BCUT2D eigenvalue weighted by Gasteiger charge is -2.04. The quantitative estimate of drug-likeness (QED) is 0.862. The average Bonchev–Trinajstić information content (AvgIpc) is 1.78. The van der Waals surface area contributed by atoms with Gasteiger partial charge < -0.3 is 0 Å². The van der Waals surface area contributed by atoms with Crippen molar-refractivity contribution in [1.29, 1.82) is 0 Å². The van der Waals surface area contributed by atoms with Gasteiger partial charge in [0.15, 0.2) is 0 Å². The second-order valence-electron chi connectivity index (χ2n) is 2.53. The van der Waals surface area contributed by atoms with E-state index in [4.69, 9.17) is 23.2 Å². The van der Waals surface area contributed by atoms with Crippen LogP contribution in [-0.2, 0) is 10.0 Å². The number of halogens is 2. The van der Waals surface area contributed by atoms with E-state index in [-0.39, 0.29) is 0 Å². The summed E-state index contributed by atoms with van der Waals surface area (Å²) in [5.41, 5.74) is 0.361. The summed E-state index contributed by atoms with van der Waals surface area (Å²) in [5.74, 6) is 0. The average molecular weight is 240 g/mol. The molecule has 1 rings (SSSR count). The molecule has 1 N–H and O–H groups in total. The Morgan fingerprint density at radius 2 is 1.62 bits per heavy atom. The lowest BCUT2D eigenvalue weighted by atomic mass is 10.3. The van der Waals surface area contributed by atoms with Crippen molar-refractivity contribution >= 4 is 38.9 Å². The third kappa shape index (κ3) is 3.85. The number of rotatable bonds is 2. The highest BCUT2D eigenvalue weighted by Crippen LogP contribution is 2.22. The largest absolute Gasteiger partial charge is 0.284 e. The molecule has 72 valence electrons. The lowest BCUT2D eigenvalue weighted by molar-refractivity contribution is 0.607. The maximum Gasteiger partial charge on any atom is 0.229 e. The van der Waals surface area contributed by atoms with Gasteiger partial charge in [0, 0.05) is 10.0 Å². The molecule has 0 aliphatic heterocycles. The van der Waals surface area contributed by atoms with Gasteiger partial charge in [-0.05, 0) is 18.2 Å². The Labute approximate surface area is 86.7 Å². The fourth-order valence-electron chi connectivity index (χ4n) is 0.827. The van der Waals surface area contributed by atoms with E-state index in [0.717, 1.165) is 6.26 Å². The third-order valence-corrected chi connectivity index (χ3v) is 2.21. The molecule has 0 bridgehead atoms. The Kier molecular flexibility index (Phi) is 3.05. The molecule has 13 heavy (non-hydrogen) atoms. The SMILES string of the molecule is CS(=O)(=O)Nc1cc(Cl)cc(Cl)c1. The minimum atomic E-state index is -3.28. The van der Waals surface area contributed by atoms with Crippen LogP contribution >= 0.6 is 23.2 Å². The molecule has 0 heterocycles. The molecule has 0 fully saturated rings. The predicted molar refractivity (Wildman–Crippen MR) is 54.9 cm³/mol. The van der Waals surface area contributed by atoms with E-state index >= 15 is 0 Å². The number of anilines is 1. The summed E-state index contributed by atoms with van der Waals surface area (Å²) in [6.45, 7) is 0. The monoisotopic (exact) mass is 239 g/mol. The van der Waals surface area contributed by atoms with Gasteiger partial charge >= 0.3 is 0 Å². The van der Waals surface area contributed by atoms with Crippen molar-refractivity contribution in [2.45, 2.75) is 0 Å². The molecule has 1 aromatic rings. The molecular weight excluding hydrogens is 233 g/mol. The van der Waals surface area contributed by atoms with Crippen LogP contribution in [0.4, 0.5) is 5.69 Å². The molecule has 0 saturated carbocycles. The van der Waals surface area contributed by atoms with E-state index in [9.17, 15) is 8.42 Å². The van der Waals surface area contributed by atoms with E-state index in [1.165, 1.54) is 18.2 Å². The predicted octanol–water partition coefficient (Wildman–Crippen LogP) is 2.36. The van der Waals surface area contributed by atoms with Gasteiger partial charge in [-0.2, -0.15) is 0 Å². The Morgan fingerprint density at radius 1 is 1.15 bits per heavy atom. The minimum Gasteiger partial charge on any atom is -0.284 e. The summed E-state index contributed by atoms with van der Waals surface area (Å²) < 4.78 is 23.9. The smallest absolute Gasteiger partial charge is 0.229 e. The fourth-order valence-corrected chi connectivity index (χ4v) is 1.90. The molecule has 0 unspecified atom stereocenters. The van der Waals surface area contributed by atoms with Gasteiger partial charge in [-0.15, -0.1) is 0 Å². The normalized spacial score (nSPS) is 11.3. The highest BCUT2D eigenvalue weighted by molar-refractivity contribution is 7.92. The van der Waals surface area contributed by atoms with Gasteiger partial charge in [0.25, 0.3) is 0 Å². The van der Waals surface area contributed by atoms with Crippen molar-refractivity contribution in [2.75, 3.05) is 11.0 Å². The van der Waals surface area contributed by atoms with Gasteiger partial charge in [-0.3, -0.25) is 4.72 Å². The van der Waals surface area contributed by atoms with Crippen LogP contribution in [0.3, 0.4) is 0 Å². The van der Waals surface area contributed by atoms with Crippen molar-refractivity contribution in [3.63, 3.8) is 0 Å². The van der Waals surface area contributed by atoms with E-state index < -0.39 is 10.0 Å². The summed E-state index contributed by atoms with van der Waals surface area (Å²) in [6.07, 6.45) is 1.06. The Balaban J connectivity index is 3.03. The van der Waals surface area contributed by atoms with Crippen LogP contribution in [0, 0.1) is 0 Å². The highest BCUT2D eigenvalue weighted by atomic mass is 35.5. The molecular formula is C7H7Cl2NO2S. The molecule has 0 saturated heterocycles. The standard InChI is InChI=1S/C7H7Cl2NO2S/c1-13(11,12)10-7-3-5(8)2-6(9)4-7/h2-4,10H,1H3. The van der Waals surface area contributed by atoms with Crippen molar-refractivity contribution in [1.82, 2.24) is 0 Å². The van der Waals surface area contributed by atoms with Gasteiger partial charge in [-0.25, -0.2) is 8.42 Å². The van der Waals surface area contributed by atoms with E-state index in [1.807, 2.05) is 0 Å². The van der Waals surface area contributed by atoms with Crippen molar-refractivity contribution in [2.24, 2.45) is 0 Å². The summed E-state index contributed by atoms with van der Waals surface area (Å²) >= 11 is 11.3. The van der Waals surface area contributed by atoms with Crippen molar-refractivity contribution < 1.29 is 8.42 Å². The van der Waals surface area contributed by atoms with Crippen LogP contribution in [0.15, 0.2) is 18.2 Å². The fraction of sp³-hybridized carbons (Fsp3) is 0.143. The molecule has 0 atom stereocenters. The first-order chi connectivity index (χ1) is 5.87. The van der Waals surface area contributed by atoms with Crippen LogP contribution in [-0.4, -0.2) is 14.7 Å². The zero-order valence-electron chi connectivity index (χ0n) is 6.71. The summed E-state index contributed by atoms with van der Waals surface area (Å²) in [4.78, 5) is 0. The third-order valence-electron chi connectivity index (χ3n) is 1.17. The Morgan fingerprint density at radius 3 is 2.00 bits per heavy atom. The summed E-state index contributed by atoms with van der Waals surface area (Å²) in [7, 11) is -3.28. The first kappa shape index (κ1) is 10.6. The van der Waals surface area contributed by atoms with Gasteiger partial charge in [-0.1, -0.05) is 23.2 Å². The number of hydrogen-bond donors (Lipinski definition) is 1. The van der Waals surface area contributed by atoms with Crippen LogP contribution in [0.1, 0.15) is 0 Å². The molecule has 0 spiro atoms. The number of hydrogen-bond acceptors (Lipinski definition) is 2. The number of benzene rings is 1. The molecule has 0 radical (unpaired) electrons. The Bertz CT molecular complexity index is 396. The van der Waals surface area contributed by atoms with E-state index in [0.29, 0.717) is 15.7 Å². The molecule has 3 nitrogen and oxygen atoms in total. The molecule has 6 heteroatoms. The zero-order chi connectivity index (χ0) is 10.1. The summed E-state index contributed by atoms with van der Waals surface area (Å²) in [6, 6.07) is 4.49. The van der Waals surface area contributed by atoms with E-state index in [1.54, 1.807) is 0 Å². The van der Waals surface area contributed by atoms with Crippen molar-refractivity contribution in [3.05, 3.63) is 28.2 Å². The molecule has 0 aliphatic carbocycles. The maximum atomic E-state index is 10.8. The van der Waals surface area contributed by atoms with Gasteiger partial charge in [0.05, 0.1) is 11.9 Å². The Hall–Kier alpha value is -0.450. The lowest BCUT2D eigenvalue weighted by Crippen LogP contribution is -2.09. The van der Waals surface area contributed by atoms with Gasteiger partial charge in [0.1, 0.15) is 0 Å². The summed E-state index contributed by atoms with van der Waals surface area (Å²) in [5, 5.41) is 0.775. The number of nitrogens with one attached hydrogen (secondary N) is 1. The van der Waals surface area contributed by atoms with Crippen LogP contribution in [0.5, 0.6) is 0 Å². The van der Waals surface area contributed by atoms with Crippen molar-refractivity contribution in [3.8, 4) is 0 Å². The first-order valence-electron chi connectivity index (χ1n) is 3.31. The molecule has 1 aromatic carbocycles. The molecule has 0 aromatic heterocycles. The highest BCUT2D eigenvalue weighted by Gasteiger charge is 2.03. The minimum absolute atomic E-state index is 0.361. The second kappa shape index (κ2) is 3.74. The first-order valence-corrected chi connectivity index (χ1v) is 5.95. The second-order valence-corrected chi connectivity index (χ2v) is 5.15. The van der Waals surface area contributed by atoms with E-state index in [2.05, 4.69) is 4.72 Å². The topological polar surface area (TPSA) is 46.2 Å². The van der Waals surface area contributed by atoms with Crippen LogP contribution in [0.2, 0.25) is 10.0 Å². The molecule has 0 aliphatic rings. The molecule has 0 amide bonds. The van der Waals surface area contributed by atoms with Crippen LogP contribution in [0.25, 0.3) is 0 Å². The zero-order valence-corrected chi connectivity index (χ0v) is 9.04.